The van der Waals surface area contributed by atoms with E-state index in [1.807, 2.05) is 13.8 Å². The Bertz CT molecular complexity index is 1440. The number of anilines is 2. The Kier molecular flexibility index (Phi) is 7.10. The van der Waals surface area contributed by atoms with Crippen molar-refractivity contribution in [3.8, 4) is 0 Å². The van der Waals surface area contributed by atoms with E-state index in [1.54, 1.807) is 18.2 Å². The lowest BCUT2D eigenvalue weighted by Crippen LogP contribution is -2.56. The number of carbonyl (C=O) groups excluding carboxylic acids is 4. The van der Waals surface area contributed by atoms with Crippen LogP contribution in [0.25, 0.3) is 0 Å². The van der Waals surface area contributed by atoms with Gasteiger partial charge in [0, 0.05) is 47.5 Å². The number of nitrogens with zero attached hydrogens (tertiary/aromatic N) is 2. The Hall–Kier alpha value is -3.54. The van der Waals surface area contributed by atoms with Crippen LogP contribution in [0.3, 0.4) is 0 Å². The second-order valence-corrected chi connectivity index (χ2v) is 12.1. The predicted molar refractivity (Wildman–Crippen MR) is 147 cm³/mol. The van der Waals surface area contributed by atoms with Crippen molar-refractivity contribution in [3.05, 3.63) is 57.6 Å². The van der Waals surface area contributed by atoms with Gasteiger partial charge in [0.1, 0.15) is 29.8 Å². The zero-order valence-electron chi connectivity index (χ0n) is 22.3. The van der Waals surface area contributed by atoms with Crippen LogP contribution in [-0.2, 0) is 31.0 Å². The molecule has 0 bridgehead atoms. The van der Waals surface area contributed by atoms with Gasteiger partial charge in [0.2, 0.25) is 23.6 Å². The molecular formula is C28H30BrF2N5O4. The number of nitrogens with one attached hydrogen (secondary N) is 2. The minimum absolute atomic E-state index is 0.00419. The lowest BCUT2D eigenvalue weighted by Gasteiger charge is -2.35. The number of nitrogens with two attached hydrogens (primary N) is 1. The van der Waals surface area contributed by atoms with E-state index >= 15 is 0 Å². The lowest BCUT2D eigenvalue weighted by atomic mass is 9.79. The summed E-state index contributed by atoms with van der Waals surface area (Å²) >= 11 is 3.43. The highest BCUT2D eigenvalue weighted by atomic mass is 79.9. The molecule has 0 saturated carbocycles. The van der Waals surface area contributed by atoms with Gasteiger partial charge < -0.3 is 26.2 Å². The number of primary amides is 1. The molecule has 9 nitrogen and oxygen atoms in total. The van der Waals surface area contributed by atoms with Crippen molar-refractivity contribution in [1.82, 2.24) is 9.80 Å². The summed E-state index contributed by atoms with van der Waals surface area (Å²) in [6.07, 6.45) is 0.280. The number of fused-ring (bicyclic) bond motifs is 3. The molecule has 1 saturated heterocycles. The summed E-state index contributed by atoms with van der Waals surface area (Å²) in [6.45, 7) is 3.72. The lowest BCUT2D eigenvalue weighted by molar-refractivity contribution is -0.147. The molecule has 40 heavy (non-hydrogen) atoms. The van der Waals surface area contributed by atoms with Crippen LogP contribution in [0.15, 0.2) is 34.8 Å². The Morgan fingerprint density at radius 2 is 1.93 bits per heavy atom. The molecule has 1 unspecified atom stereocenters. The molecule has 4 atom stereocenters. The number of amides is 4. The topological polar surface area (TPSA) is 125 Å². The fourth-order valence-corrected chi connectivity index (χ4v) is 6.49. The summed E-state index contributed by atoms with van der Waals surface area (Å²) in [4.78, 5) is 56.2. The number of hydrogen-bond donors (Lipinski definition) is 3. The Labute approximate surface area is 238 Å². The third kappa shape index (κ3) is 4.61. The predicted octanol–water partition coefficient (Wildman–Crippen LogP) is 2.91. The molecule has 3 aliphatic rings. The van der Waals surface area contributed by atoms with Crippen molar-refractivity contribution in [3.63, 3.8) is 0 Å². The van der Waals surface area contributed by atoms with Crippen molar-refractivity contribution >= 4 is 50.9 Å². The van der Waals surface area contributed by atoms with E-state index in [4.69, 9.17) is 5.73 Å². The van der Waals surface area contributed by atoms with Gasteiger partial charge in [-0.25, -0.2) is 8.78 Å². The number of carbonyl (C=O) groups is 4. The molecule has 0 radical (unpaired) electrons. The van der Waals surface area contributed by atoms with Gasteiger partial charge in [-0.1, -0.05) is 29.8 Å². The molecule has 12 heteroatoms. The standard InChI is InChI=1S/C28H30BrF2N5O4/c1-13(2)6-22(35(3)25(38)21-10-16-18(31)8-15(30)9-20(16)33-21)26(39)36-12-28(11-23(36)24(32)37)17-7-14(29)4-5-19(17)34-27(28)40/h4-5,7-9,13,21-23,33H,6,10-12H2,1-3H3,(H2,32,37)(H,34,40)/t21?,22-,23-,28-/m0/s1. The summed E-state index contributed by atoms with van der Waals surface area (Å²) in [5.74, 6) is -3.58. The zero-order chi connectivity index (χ0) is 29.1. The molecule has 1 fully saturated rings. The van der Waals surface area contributed by atoms with Gasteiger partial charge in [0.05, 0.1) is 5.41 Å². The van der Waals surface area contributed by atoms with Gasteiger partial charge in [0.15, 0.2) is 0 Å². The molecule has 0 aliphatic carbocycles. The number of halogens is 3. The van der Waals surface area contributed by atoms with E-state index in [2.05, 4.69) is 26.6 Å². The Morgan fingerprint density at radius 3 is 2.60 bits per heavy atom. The first-order valence-corrected chi connectivity index (χ1v) is 13.8. The molecule has 1 spiro atoms. The molecule has 2 aromatic carbocycles. The molecule has 3 aliphatic heterocycles. The largest absolute Gasteiger partial charge is 0.373 e. The van der Waals surface area contributed by atoms with Crippen molar-refractivity contribution in [2.75, 3.05) is 24.2 Å². The van der Waals surface area contributed by atoms with Crippen molar-refractivity contribution < 1.29 is 28.0 Å². The number of rotatable bonds is 6. The summed E-state index contributed by atoms with van der Waals surface area (Å²) in [5.41, 5.74) is 6.25. The van der Waals surface area contributed by atoms with Gasteiger partial charge in [-0.2, -0.15) is 0 Å². The molecular weight excluding hydrogens is 588 g/mol. The molecule has 4 N–H and O–H groups in total. The van der Waals surface area contributed by atoms with Crippen LogP contribution in [-0.4, -0.2) is 65.1 Å². The van der Waals surface area contributed by atoms with Crippen LogP contribution >= 0.6 is 15.9 Å². The number of hydrogen-bond acceptors (Lipinski definition) is 5. The molecule has 3 heterocycles. The Balaban J connectivity index is 1.44. The van der Waals surface area contributed by atoms with E-state index in [0.717, 1.165) is 16.6 Å². The first-order chi connectivity index (χ1) is 18.8. The van der Waals surface area contributed by atoms with Crippen LogP contribution in [0.5, 0.6) is 0 Å². The molecule has 212 valence electrons. The molecule has 5 rings (SSSR count). The minimum atomic E-state index is -1.17. The average molecular weight is 618 g/mol. The summed E-state index contributed by atoms with van der Waals surface area (Å²) in [6, 6.07) is 4.29. The van der Waals surface area contributed by atoms with Crippen LogP contribution in [0.2, 0.25) is 0 Å². The highest BCUT2D eigenvalue weighted by Gasteiger charge is 2.58. The van der Waals surface area contributed by atoms with E-state index in [9.17, 15) is 28.0 Å². The highest BCUT2D eigenvalue weighted by molar-refractivity contribution is 9.10. The fourth-order valence-electron chi connectivity index (χ4n) is 6.13. The van der Waals surface area contributed by atoms with Gasteiger partial charge in [-0.15, -0.1) is 0 Å². The second-order valence-electron chi connectivity index (χ2n) is 11.2. The fraction of sp³-hybridized carbons (Fsp3) is 0.429. The van der Waals surface area contributed by atoms with E-state index in [-0.39, 0.29) is 48.9 Å². The van der Waals surface area contributed by atoms with Crippen molar-refractivity contribution in [1.29, 1.82) is 0 Å². The van der Waals surface area contributed by atoms with Crippen LogP contribution in [0, 0.1) is 17.6 Å². The third-order valence-electron chi connectivity index (χ3n) is 8.14. The maximum absolute atomic E-state index is 14.3. The first-order valence-electron chi connectivity index (χ1n) is 13.0. The SMILES string of the molecule is CC(C)C[C@@H](C(=O)N1C[C@]2(C[C@H]1C(N)=O)C(=O)Nc1ccc(Br)cc12)N(C)C(=O)C1Cc2c(F)cc(F)cc2N1. The van der Waals surface area contributed by atoms with E-state index in [0.29, 0.717) is 11.3 Å². The van der Waals surface area contributed by atoms with E-state index in [1.165, 1.54) is 16.8 Å². The maximum atomic E-state index is 14.3. The highest BCUT2D eigenvalue weighted by Crippen LogP contribution is 2.47. The van der Waals surface area contributed by atoms with Gasteiger partial charge in [-0.05, 0) is 48.6 Å². The quantitative estimate of drug-likeness (QED) is 0.460. The van der Waals surface area contributed by atoms with Gasteiger partial charge in [0.25, 0.3) is 0 Å². The zero-order valence-corrected chi connectivity index (χ0v) is 23.8. The number of likely N-dealkylation sites (N-methyl/N-ethyl adjacent to an activating group) is 1. The van der Waals surface area contributed by atoms with Crippen molar-refractivity contribution in [2.45, 2.75) is 56.7 Å². The normalized spacial score (nSPS) is 23.6. The average Bonchev–Trinajstić information content (AvgIpc) is 3.57. The summed E-state index contributed by atoms with van der Waals surface area (Å²) in [7, 11) is 1.48. The van der Waals surface area contributed by atoms with Crippen LogP contribution in [0.1, 0.15) is 37.8 Å². The smallest absolute Gasteiger partial charge is 0.246 e. The minimum Gasteiger partial charge on any atom is -0.373 e. The van der Waals surface area contributed by atoms with Crippen LogP contribution < -0.4 is 16.4 Å². The molecule has 4 amide bonds. The van der Waals surface area contributed by atoms with Crippen molar-refractivity contribution in [2.24, 2.45) is 11.7 Å². The maximum Gasteiger partial charge on any atom is 0.246 e. The monoisotopic (exact) mass is 617 g/mol. The molecule has 0 aromatic heterocycles. The first kappa shape index (κ1) is 28.0. The summed E-state index contributed by atoms with van der Waals surface area (Å²) < 4.78 is 28.8. The molecule has 2 aromatic rings. The second kappa shape index (κ2) is 10.1. The van der Waals surface area contributed by atoms with Gasteiger partial charge >= 0.3 is 0 Å². The van der Waals surface area contributed by atoms with E-state index < -0.39 is 52.9 Å². The number of likely N-dealkylation sites (tertiary alicyclic amines) is 1. The third-order valence-corrected chi connectivity index (χ3v) is 8.63. The Morgan fingerprint density at radius 1 is 1.20 bits per heavy atom. The van der Waals surface area contributed by atoms with Crippen LogP contribution in [0.4, 0.5) is 20.2 Å². The summed E-state index contributed by atoms with van der Waals surface area (Å²) in [5, 5.41) is 5.73. The number of benzene rings is 2. The van der Waals surface area contributed by atoms with Gasteiger partial charge in [-0.3, -0.25) is 19.2 Å².